The second-order valence-electron chi connectivity index (χ2n) is 5.82. The number of hydrogen-bond acceptors (Lipinski definition) is 4. The molecule has 5 nitrogen and oxygen atoms in total. The number of benzene rings is 2. The maximum absolute atomic E-state index is 12.1. The van der Waals surface area contributed by atoms with Gasteiger partial charge in [0.15, 0.2) is 5.58 Å². The van der Waals surface area contributed by atoms with Crippen molar-refractivity contribution in [2.45, 2.75) is 0 Å². The molecule has 4 aromatic rings. The number of hydrogen-bond donors (Lipinski definition) is 1. The summed E-state index contributed by atoms with van der Waals surface area (Å²) in [6.45, 7) is 0. The van der Waals surface area contributed by atoms with E-state index in [1.807, 2.05) is 24.3 Å². The molecule has 0 aliphatic heterocycles. The fourth-order valence-corrected chi connectivity index (χ4v) is 2.67. The molecule has 0 aliphatic rings. The monoisotopic (exact) mass is 375 g/mol. The lowest BCUT2D eigenvalue weighted by Crippen LogP contribution is -2.07. The van der Waals surface area contributed by atoms with Crippen LogP contribution in [0.15, 0.2) is 77.5 Å². The molecule has 0 saturated heterocycles. The van der Waals surface area contributed by atoms with Gasteiger partial charge in [0.2, 0.25) is 11.8 Å². The zero-order valence-electron chi connectivity index (χ0n) is 14.1. The molecule has 2 heterocycles. The van der Waals surface area contributed by atoms with Crippen LogP contribution >= 0.6 is 11.6 Å². The van der Waals surface area contributed by atoms with Crippen LogP contribution in [0.5, 0.6) is 0 Å². The van der Waals surface area contributed by atoms with Gasteiger partial charge in [0.25, 0.3) is 0 Å². The molecule has 2 aromatic heterocycles. The Balaban J connectivity index is 1.50. The van der Waals surface area contributed by atoms with Gasteiger partial charge in [0.05, 0.1) is 5.56 Å². The molecule has 0 radical (unpaired) electrons. The van der Waals surface area contributed by atoms with E-state index in [0.29, 0.717) is 27.7 Å². The number of fused-ring (bicyclic) bond motifs is 1. The molecule has 0 saturated carbocycles. The molecular weight excluding hydrogens is 362 g/mol. The van der Waals surface area contributed by atoms with Gasteiger partial charge < -0.3 is 9.73 Å². The minimum absolute atomic E-state index is 0.236. The van der Waals surface area contributed by atoms with Crippen LogP contribution in [0.3, 0.4) is 0 Å². The largest absolute Gasteiger partial charge is 0.436 e. The number of nitrogens with zero attached hydrogens (tertiary/aromatic N) is 2. The third-order valence-corrected chi connectivity index (χ3v) is 4.11. The fraction of sp³-hybridized carbons (Fsp3) is 0. The second-order valence-corrected chi connectivity index (χ2v) is 6.25. The van der Waals surface area contributed by atoms with E-state index in [2.05, 4.69) is 15.3 Å². The fourth-order valence-electron chi connectivity index (χ4n) is 2.55. The van der Waals surface area contributed by atoms with Crippen molar-refractivity contribution in [3.05, 3.63) is 83.7 Å². The van der Waals surface area contributed by atoms with E-state index in [9.17, 15) is 4.79 Å². The number of aromatic nitrogens is 2. The van der Waals surface area contributed by atoms with Gasteiger partial charge in [0.1, 0.15) is 5.52 Å². The van der Waals surface area contributed by atoms with Crippen LogP contribution in [-0.4, -0.2) is 15.9 Å². The first-order chi connectivity index (χ1) is 13.2. The number of pyridine rings is 1. The topological polar surface area (TPSA) is 68.0 Å². The van der Waals surface area contributed by atoms with Crippen LogP contribution in [0.25, 0.3) is 28.6 Å². The first kappa shape index (κ1) is 17.0. The maximum atomic E-state index is 12.1. The van der Waals surface area contributed by atoms with Crippen LogP contribution in [-0.2, 0) is 4.79 Å². The summed E-state index contributed by atoms with van der Waals surface area (Å²) in [6, 6.07) is 16.3. The molecule has 0 unspecified atom stereocenters. The molecule has 1 amide bonds. The number of oxazole rings is 1. The predicted molar refractivity (Wildman–Crippen MR) is 106 cm³/mol. The van der Waals surface area contributed by atoms with Crippen molar-refractivity contribution >= 4 is 40.4 Å². The molecule has 0 aliphatic carbocycles. The van der Waals surface area contributed by atoms with Gasteiger partial charge in [0, 0.05) is 29.2 Å². The zero-order chi connectivity index (χ0) is 18.6. The number of carbonyl (C=O) groups excluding carboxylic acids is 1. The Hall–Kier alpha value is -3.44. The van der Waals surface area contributed by atoms with E-state index >= 15 is 0 Å². The van der Waals surface area contributed by atoms with Gasteiger partial charge >= 0.3 is 0 Å². The lowest BCUT2D eigenvalue weighted by atomic mass is 10.2. The van der Waals surface area contributed by atoms with E-state index in [-0.39, 0.29) is 5.91 Å². The van der Waals surface area contributed by atoms with Crippen molar-refractivity contribution in [2.75, 3.05) is 5.32 Å². The quantitative estimate of drug-likeness (QED) is 0.498. The number of anilines is 1. The minimum Gasteiger partial charge on any atom is -0.436 e. The number of nitrogens with one attached hydrogen (secondary N) is 1. The zero-order valence-corrected chi connectivity index (χ0v) is 14.9. The summed E-state index contributed by atoms with van der Waals surface area (Å²) in [5.74, 6) is 0.254. The molecule has 27 heavy (non-hydrogen) atoms. The number of amides is 1. The summed E-state index contributed by atoms with van der Waals surface area (Å²) in [5, 5.41) is 3.47. The molecule has 2 aromatic carbocycles. The van der Waals surface area contributed by atoms with Crippen molar-refractivity contribution in [1.29, 1.82) is 0 Å². The lowest BCUT2D eigenvalue weighted by molar-refractivity contribution is -0.111. The molecule has 0 spiro atoms. The van der Waals surface area contributed by atoms with Gasteiger partial charge in [-0.05, 0) is 54.1 Å². The smallest absolute Gasteiger partial charge is 0.248 e. The van der Waals surface area contributed by atoms with Crippen LogP contribution in [0.2, 0.25) is 5.02 Å². The Bertz CT molecular complexity index is 1120. The van der Waals surface area contributed by atoms with Crippen molar-refractivity contribution in [2.24, 2.45) is 0 Å². The van der Waals surface area contributed by atoms with Gasteiger partial charge in [-0.15, -0.1) is 0 Å². The predicted octanol–water partition coefficient (Wildman–Crippen LogP) is 5.20. The highest BCUT2D eigenvalue weighted by Gasteiger charge is 2.09. The standard InChI is InChI=1S/C21H14ClN3O2/c22-16-6-3-14(4-7-16)5-10-20(26)24-17-8-9-19-18(12-17)25-21(27-19)15-2-1-11-23-13-15/h1-13H,(H,24,26)/b10-5+. The minimum atomic E-state index is -0.236. The molecule has 132 valence electrons. The van der Waals surface area contributed by atoms with Crippen molar-refractivity contribution < 1.29 is 9.21 Å². The number of rotatable bonds is 4. The van der Waals surface area contributed by atoms with E-state index in [1.54, 1.807) is 48.8 Å². The van der Waals surface area contributed by atoms with E-state index in [4.69, 9.17) is 16.0 Å². The molecule has 0 bridgehead atoms. The Kier molecular flexibility index (Phi) is 4.68. The molecule has 1 N–H and O–H groups in total. The van der Waals surface area contributed by atoms with Crippen LogP contribution in [0.4, 0.5) is 5.69 Å². The normalized spacial score (nSPS) is 11.1. The summed E-state index contributed by atoms with van der Waals surface area (Å²) >= 11 is 5.85. The third kappa shape index (κ3) is 4.04. The Morgan fingerprint density at radius 2 is 1.96 bits per heavy atom. The van der Waals surface area contributed by atoms with Gasteiger partial charge in [-0.2, -0.15) is 0 Å². The average molecular weight is 376 g/mol. The molecule has 0 atom stereocenters. The average Bonchev–Trinajstić information content (AvgIpc) is 3.12. The van der Waals surface area contributed by atoms with Gasteiger partial charge in [-0.25, -0.2) is 4.98 Å². The summed E-state index contributed by atoms with van der Waals surface area (Å²) < 4.78 is 5.74. The van der Waals surface area contributed by atoms with Gasteiger partial charge in [-0.3, -0.25) is 9.78 Å². The van der Waals surface area contributed by atoms with Crippen molar-refractivity contribution in [3.8, 4) is 11.5 Å². The number of halogens is 1. The summed E-state index contributed by atoms with van der Waals surface area (Å²) in [4.78, 5) is 20.7. The highest BCUT2D eigenvalue weighted by atomic mass is 35.5. The highest BCUT2D eigenvalue weighted by Crippen LogP contribution is 2.25. The van der Waals surface area contributed by atoms with Crippen LogP contribution in [0, 0.1) is 0 Å². The summed E-state index contributed by atoms with van der Waals surface area (Å²) in [7, 11) is 0. The molecule has 0 fully saturated rings. The highest BCUT2D eigenvalue weighted by molar-refractivity contribution is 6.30. The molecular formula is C21H14ClN3O2. The molecule has 4 rings (SSSR count). The van der Waals surface area contributed by atoms with E-state index < -0.39 is 0 Å². The summed E-state index contributed by atoms with van der Waals surface area (Å²) in [6.07, 6.45) is 6.57. The van der Waals surface area contributed by atoms with E-state index in [0.717, 1.165) is 11.1 Å². The first-order valence-corrected chi connectivity index (χ1v) is 8.61. The van der Waals surface area contributed by atoms with Crippen molar-refractivity contribution in [1.82, 2.24) is 9.97 Å². The van der Waals surface area contributed by atoms with Crippen molar-refractivity contribution in [3.63, 3.8) is 0 Å². The lowest BCUT2D eigenvalue weighted by Gasteiger charge is -2.01. The summed E-state index contributed by atoms with van der Waals surface area (Å²) in [5.41, 5.74) is 3.63. The Morgan fingerprint density at radius 1 is 1.11 bits per heavy atom. The Labute approximate surface area is 160 Å². The van der Waals surface area contributed by atoms with Gasteiger partial charge in [-0.1, -0.05) is 23.7 Å². The van der Waals surface area contributed by atoms with E-state index in [1.165, 1.54) is 6.08 Å². The maximum Gasteiger partial charge on any atom is 0.248 e. The van der Waals surface area contributed by atoms with Crippen LogP contribution < -0.4 is 5.32 Å². The second kappa shape index (κ2) is 7.43. The SMILES string of the molecule is O=C(/C=C/c1ccc(Cl)cc1)Nc1ccc2oc(-c3cccnc3)nc2c1. The Morgan fingerprint density at radius 3 is 2.74 bits per heavy atom. The molecule has 6 heteroatoms. The number of carbonyl (C=O) groups is 1. The van der Waals surface area contributed by atoms with Crippen LogP contribution in [0.1, 0.15) is 5.56 Å². The first-order valence-electron chi connectivity index (χ1n) is 8.23. The third-order valence-electron chi connectivity index (χ3n) is 3.86.